The second-order valence-corrected chi connectivity index (χ2v) is 5.77. The molecule has 1 N–H and O–H groups in total. The summed E-state index contributed by atoms with van der Waals surface area (Å²) in [7, 11) is 0. The van der Waals surface area contributed by atoms with Crippen LogP contribution in [0, 0.1) is 19.7 Å². The Morgan fingerprint density at radius 3 is 2.55 bits per heavy atom. The average Bonchev–Trinajstić information content (AvgIpc) is 2.43. The molecule has 3 heteroatoms. The molecule has 2 aromatic rings. The first-order valence-electron chi connectivity index (χ1n) is 6.79. The number of nitrogens with one attached hydrogen (secondary N) is 1. The zero-order chi connectivity index (χ0) is 14.7. The predicted octanol–water partition coefficient (Wildman–Crippen LogP) is 4.90. The van der Waals surface area contributed by atoms with E-state index in [0.29, 0.717) is 5.56 Å². The standard InChI is InChI=1S/C17H19BrFN/c1-4-20-17(13-9-8-11(2)15(19)10-13)14-7-5-6-12(3)16(14)18/h5-10,17,20H,4H2,1-3H3. The highest BCUT2D eigenvalue weighted by Crippen LogP contribution is 2.31. The molecule has 1 nitrogen and oxygen atoms in total. The van der Waals surface area contributed by atoms with E-state index in [1.54, 1.807) is 13.0 Å². The van der Waals surface area contributed by atoms with Gasteiger partial charge in [0.05, 0.1) is 6.04 Å². The van der Waals surface area contributed by atoms with Crippen LogP contribution in [-0.2, 0) is 0 Å². The van der Waals surface area contributed by atoms with Crippen LogP contribution in [0.5, 0.6) is 0 Å². The number of hydrogen-bond acceptors (Lipinski definition) is 1. The van der Waals surface area contributed by atoms with Crippen molar-refractivity contribution in [3.63, 3.8) is 0 Å². The Morgan fingerprint density at radius 1 is 1.15 bits per heavy atom. The van der Waals surface area contributed by atoms with Gasteiger partial charge >= 0.3 is 0 Å². The van der Waals surface area contributed by atoms with Crippen molar-refractivity contribution in [2.24, 2.45) is 0 Å². The molecule has 0 heterocycles. The number of hydrogen-bond donors (Lipinski definition) is 1. The Kier molecular flexibility index (Phi) is 4.95. The zero-order valence-corrected chi connectivity index (χ0v) is 13.6. The van der Waals surface area contributed by atoms with Crippen molar-refractivity contribution in [2.45, 2.75) is 26.8 Å². The van der Waals surface area contributed by atoms with Gasteiger partial charge in [-0.1, -0.05) is 53.2 Å². The highest BCUT2D eigenvalue weighted by atomic mass is 79.9. The molecule has 0 saturated heterocycles. The van der Waals surface area contributed by atoms with E-state index in [1.807, 2.05) is 18.2 Å². The quantitative estimate of drug-likeness (QED) is 0.837. The van der Waals surface area contributed by atoms with E-state index >= 15 is 0 Å². The fraction of sp³-hybridized carbons (Fsp3) is 0.294. The van der Waals surface area contributed by atoms with Gasteiger partial charge in [-0.25, -0.2) is 4.39 Å². The summed E-state index contributed by atoms with van der Waals surface area (Å²) in [4.78, 5) is 0. The Hall–Kier alpha value is -1.19. The monoisotopic (exact) mass is 335 g/mol. The van der Waals surface area contributed by atoms with E-state index in [4.69, 9.17) is 0 Å². The second kappa shape index (κ2) is 6.51. The molecule has 0 amide bonds. The lowest BCUT2D eigenvalue weighted by Gasteiger charge is -2.21. The molecule has 106 valence electrons. The molecular weight excluding hydrogens is 317 g/mol. The van der Waals surface area contributed by atoms with Crippen LogP contribution in [0.15, 0.2) is 40.9 Å². The van der Waals surface area contributed by atoms with E-state index in [9.17, 15) is 4.39 Å². The molecule has 1 unspecified atom stereocenters. The molecule has 0 aliphatic carbocycles. The van der Waals surface area contributed by atoms with E-state index in [0.717, 1.165) is 22.1 Å². The van der Waals surface area contributed by atoms with Gasteiger partial charge in [-0.05, 0) is 48.7 Å². The van der Waals surface area contributed by atoms with E-state index < -0.39 is 0 Å². The Bertz CT molecular complexity index is 610. The van der Waals surface area contributed by atoms with Crippen LogP contribution in [0.4, 0.5) is 4.39 Å². The third-order valence-corrected chi connectivity index (χ3v) is 4.55. The molecule has 0 aromatic heterocycles. The molecule has 1 atom stereocenters. The van der Waals surface area contributed by atoms with Gasteiger partial charge in [0.25, 0.3) is 0 Å². The largest absolute Gasteiger partial charge is 0.306 e. The number of benzene rings is 2. The summed E-state index contributed by atoms with van der Waals surface area (Å²) in [5.74, 6) is -0.158. The molecule has 0 fully saturated rings. The number of halogens is 2. The first-order chi connectivity index (χ1) is 9.54. The number of aryl methyl sites for hydroxylation is 2. The minimum atomic E-state index is -0.158. The molecule has 2 rings (SSSR count). The maximum atomic E-state index is 13.8. The lowest BCUT2D eigenvalue weighted by Crippen LogP contribution is -2.22. The molecular formula is C17H19BrFN. The van der Waals surface area contributed by atoms with Gasteiger partial charge in [-0.2, -0.15) is 0 Å². The van der Waals surface area contributed by atoms with E-state index in [1.165, 1.54) is 5.56 Å². The van der Waals surface area contributed by atoms with Crippen LogP contribution in [0.25, 0.3) is 0 Å². The van der Waals surface area contributed by atoms with Gasteiger partial charge < -0.3 is 5.32 Å². The molecule has 0 bridgehead atoms. The van der Waals surface area contributed by atoms with Crippen LogP contribution in [0.1, 0.15) is 35.2 Å². The molecule has 0 saturated carbocycles. The molecule has 0 radical (unpaired) electrons. The minimum absolute atomic E-state index is 0.00984. The Balaban J connectivity index is 2.50. The van der Waals surface area contributed by atoms with Crippen LogP contribution in [0.3, 0.4) is 0 Å². The summed E-state index contributed by atoms with van der Waals surface area (Å²) < 4.78 is 14.9. The normalized spacial score (nSPS) is 12.4. The first-order valence-corrected chi connectivity index (χ1v) is 7.58. The van der Waals surface area contributed by atoms with Crippen molar-refractivity contribution in [3.8, 4) is 0 Å². The highest BCUT2D eigenvalue weighted by molar-refractivity contribution is 9.10. The number of rotatable bonds is 4. The van der Waals surface area contributed by atoms with E-state index in [-0.39, 0.29) is 11.9 Å². The fourth-order valence-corrected chi connectivity index (χ4v) is 2.79. The SMILES string of the molecule is CCNC(c1ccc(C)c(F)c1)c1cccc(C)c1Br. The maximum Gasteiger partial charge on any atom is 0.126 e. The minimum Gasteiger partial charge on any atom is -0.306 e. The van der Waals surface area contributed by atoms with Gasteiger partial charge in [0.15, 0.2) is 0 Å². The van der Waals surface area contributed by atoms with Crippen molar-refractivity contribution in [1.29, 1.82) is 0 Å². The summed E-state index contributed by atoms with van der Waals surface area (Å²) in [5.41, 5.74) is 3.93. The van der Waals surface area contributed by atoms with Gasteiger partial charge in [0.1, 0.15) is 5.82 Å². The topological polar surface area (TPSA) is 12.0 Å². The van der Waals surface area contributed by atoms with Gasteiger partial charge in [0, 0.05) is 4.47 Å². The first kappa shape index (κ1) is 15.2. The van der Waals surface area contributed by atoms with Crippen molar-refractivity contribution in [3.05, 3.63) is 68.9 Å². The smallest absolute Gasteiger partial charge is 0.126 e. The summed E-state index contributed by atoms with van der Waals surface area (Å²) in [6.45, 7) is 6.72. The van der Waals surface area contributed by atoms with Crippen molar-refractivity contribution < 1.29 is 4.39 Å². The molecule has 0 spiro atoms. The molecule has 0 aliphatic rings. The van der Waals surface area contributed by atoms with Crippen molar-refractivity contribution in [1.82, 2.24) is 5.32 Å². The lowest BCUT2D eigenvalue weighted by atomic mass is 9.96. The summed E-state index contributed by atoms with van der Waals surface area (Å²) in [6.07, 6.45) is 0. The van der Waals surface area contributed by atoms with Gasteiger partial charge in [-0.3, -0.25) is 0 Å². The molecule has 2 aromatic carbocycles. The van der Waals surface area contributed by atoms with Crippen LogP contribution in [-0.4, -0.2) is 6.54 Å². The van der Waals surface area contributed by atoms with Crippen molar-refractivity contribution in [2.75, 3.05) is 6.54 Å². The summed E-state index contributed by atoms with van der Waals surface area (Å²) in [5, 5.41) is 3.43. The summed E-state index contributed by atoms with van der Waals surface area (Å²) >= 11 is 3.65. The van der Waals surface area contributed by atoms with Crippen LogP contribution < -0.4 is 5.32 Å². The fourth-order valence-electron chi connectivity index (χ4n) is 2.29. The maximum absolute atomic E-state index is 13.8. The van der Waals surface area contributed by atoms with Crippen LogP contribution in [0.2, 0.25) is 0 Å². The highest BCUT2D eigenvalue weighted by Gasteiger charge is 2.17. The molecule has 20 heavy (non-hydrogen) atoms. The second-order valence-electron chi connectivity index (χ2n) is 4.98. The zero-order valence-electron chi connectivity index (χ0n) is 12.0. The third-order valence-electron chi connectivity index (χ3n) is 3.47. The lowest BCUT2D eigenvalue weighted by molar-refractivity contribution is 0.596. The predicted molar refractivity (Wildman–Crippen MR) is 85.5 cm³/mol. The van der Waals surface area contributed by atoms with Gasteiger partial charge in [-0.15, -0.1) is 0 Å². The van der Waals surface area contributed by atoms with E-state index in [2.05, 4.69) is 47.2 Å². The van der Waals surface area contributed by atoms with Crippen molar-refractivity contribution >= 4 is 15.9 Å². The summed E-state index contributed by atoms with van der Waals surface area (Å²) in [6, 6.07) is 11.6. The van der Waals surface area contributed by atoms with Gasteiger partial charge in [0.2, 0.25) is 0 Å². The van der Waals surface area contributed by atoms with Crippen LogP contribution >= 0.6 is 15.9 Å². The Labute approximate surface area is 128 Å². The molecule has 0 aliphatic heterocycles. The third kappa shape index (κ3) is 3.10. The average molecular weight is 336 g/mol. The Morgan fingerprint density at radius 2 is 1.90 bits per heavy atom.